The molecule has 0 aromatic rings. The van der Waals surface area contributed by atoms with Crippen molar-refractivity contribution in [2.75, 3.05) is 39.6 Å². The number of hydrogen-bond acceptors (Lipinski definition) is 26. The van der Waals surface area contributed by atoms with E-state index in [1.807, 2.05) is 26.8 Å². The first-order chi connectivity index (χ1) is 42.2. The Balaban J connectivity index is 0.938. The molecule has 4 heterocycles. The second-order valence-electron chi connectivity index (χ2n) is 28.8. The van der Waals surface area contributed by atoms with Crippen molar-refractivity contribution in [1.29, 1.82) is 0 Å². The van der Waals surface area contributed by atoms with Crippen LogP contribution in [-0.2, 0) is 47.4 Å². The van der Waals surface area contributed by atoms with Crippen LogP contribution in [-0.4, -0.2) is 267 Å². The van der Waals surface area contributed by atoms with Crippen LogP contribution in [0.5, 0.6) is 0 Å². The summed E-state index contributed by atoms with van der Waals surface area (Å²) in [5.41, 5.74) is -2.83. The van der Waals surface area contributed by atoms with Crippen LogP contribution in [0.15, 0.2) is 36.0 Å². The Morgan fingerprint density at radius 1 is 0.567 bits per heavy atom. The van der Waals surface area contributed by atoms with Crippen LogP contribution in [0.25, 0.3) is 0 Å². The van der Waals surface area contributed by atoms with Gasteiger partial charge in [0.15, 0.2) is 31.3 Å². The fourth-order valence-electron chi connectivity index (χ4n) is 17.3. The molecule has 0 spiro atoms. The van der Waals surface area contributed by atoms with Gasteiger partial charge in [-0.2, -0.15) is 0 Å². The molecule has 26 heteroatoms. The van der Waals surface area contributed by atoms with Crippen molar-refractivity contribution in [2.45, 2.75) is 273 Å². The third kappa shape index (κ3) is 14.3. The van der Waals surface area contributed by atoms with E-state index >= 15 is 0 Å². The summed E-state index contributed by atoms with van der Waals surface area (Å²) in [5.74, 6) is -0.552. The molecule has 0 aromatic carbocycles. The van der Waals surface area contributed by atoms with Crippen molar-refractivity contribution in [3.05, 3.63) is 36.0 Å². The van der Waals surface area contributed by atoms with Crippen molar-refractivity contribution in [3.8, 4) is 0 Å². The van der Waals surface area contributed by atoms with Gasteiger partial charge in [0.1, 0.15) is 91.6 Å². The summed E-state index contributed by atoms with van der Waals surface area (Å²) in [6, 6.07) is 0. The Kier molecular flexibility index (Phi) is 23.9. The molecule has 8 aliphatic rings. The summed E-state index contributed by atoms with van der Waals surface area (Å²) in [6.45, 7) is 16.3. The molecule has 4 aliphatic carbocycles. The lowest BCUT2D eigenvalue weighted by molar-refractivity contribution is -0.368. The largest absolute Gasteiger partial charge is 0.451 e. The molecule has 90 heavy (non-hydrogen) atoms. The predicted molar refractivity (Wildman–Crippen MR) is 315 cm³/mol. The van der Waals surface area contributed by atoms with Gasteiger partial charge in [0, 0.05) is 11.0 Å². The zero-order chi connectivity index (χ0) is 66.4. The van der Waals surface area contributed by atoms with E-state index in [1.54, 1.807) is 0 Å². The van der Waals surface area contributed by atoms with E-state index in [0.29, 0.717) is 25.7 Å². The smallest absolute Gasteiger partial charge is 0.333 e. The summed E-state index contributed by atoms with van der Waals surface area (Å²) in [6.07, 6.45) is -21.5. The fourth-order valence-corrected chi connectivity index (χ4v) is 17.3. The van der Waals surface area contributed by atoms with E-state index in [1.165, 1.54) is 26.0 Å². The molecular weight excluding hydrogens is 1180 g/mol. The molecule has 31 atom stereocenters. The highest BCUT2D eigenvalue weighted by Gasteiger charge is 2.70. The number of esters is 1. The summed E-state index contributed by atoms with van der Waals surface area (Å²) >= 11 is 0. The number of aliphatic hydroxyl groups is 16. The summed E-state index contributed by atoms with van der Waals surface area (Å²) in [7, 11) is 0. The number of rotatable bonds is 24. The number of carbonyl (C=O) groups is 1. The first-order valence-corrected chi connectivity index (χ1v) is 32.2. The molecule has 4 saturated carbocycles. The van der Waals surface area contributed by atoms with Crippen LogP contribution in [0, 0.1) is 45.3 Å². The fraction of sp³-hybridized carbons (Fsp3) is 0.891. The lowest BCUT2D eigenvalue weighted by Gasteiger charge is -2.70. The van der Waals surface area contributed by atoms with E-state index in [4.69, 9.17) is 42.6 Å². The number of allylic oxidation sites excluding steroid dienone is 2. The van der Waals surface area contributed by atoms with Crippen molar-refractivity contribution in [3.63, 3.8) is 0 Å². The third-order valence-corrected chi connectivity index (χ3v) is 23.2. The molecular formula is C64H106O26. The van der Waals surface area contributed by atoms with Gasteiger partial charge in [-0.1, -0.05) is 51.5 Å². The third-order valence-electron chi connectivity index (χ3n) is 23.2. The van der Waals surface area contributed by atoms with Gasteiger partial charge in [-0.15, -0.1) is 6.58 Å². The Hall–Kier alpha value is -2.27. The van der Waals surface area contributed by atoms with Crippen LogP contribution in [0.2, 0.25) is 0 Å². The van der Waals surface area contributed by atoms with Crippen LogP contribution < -0.4 is 0 Å². The van der Waals surface area contributed by atoms with E-state index in [2.05, 4.69) is 27.4 Å². The average Bonchev–Trinajstić information content (AvgIpc) is 1.20. The highest BCUT2D eigenvalue weighted by Crippen LogP contribution is 2.76. The number of carbonyl (C=O) groups excluding carboxylic acids is 1. The maximum atomic E-state index is 13.8. The highest BCUT2D eigenvalue weighted by atomic mass is 16.8. The van der Waals surface area contributed by atoms with Crippen molar-refractivity contribution < 1.29 is 129 Å². The standard InChI is InChI=1S/C64H106O26/c1-10-59(4,80)20-12-14-32(3)54(79)89-53-52(90-57-51(78)47(74)43(70)36(26-66)85-57)45(72)37(27-67)86-58(53)83-29-38-44(71)48(75)50(77)56(87-38)88-41-19-22-60(5)39(61(41,6)30-68)18-24-63(8)40(60)16-15-33-34(17-23-62(33,63)7)64(9,81)21-11-13-31(2)28-82-55-49(76)46(73)42(69)35(25-65)84-55/h10,13-14,33-53,55-58,65-78,80-81H,1,11-12,15-30H2,2-9H3/b31-13+,32-14+/t33?,34?,35-,36-,37-,38-,39?,40?,41?,42-,43-,44-,45-,46+,47+,48+,49-,50-,51-,52+,53-,55-,56+,57+,58-,59?,60?,61?,62?,63?,64?/m1/s1. The molecule has 0 bridgehead atoms. The Labute approximate surface area is 527 Å². The predicted octanol–water partition coefficient (Wildman–Crippen LogP) is -1.01. The maximum Gasteiger partial charge on any atom is 0.333 e. The van der Waals surface area contributed by atoms with Gasteiger partial charge in [-0.3, -0.25) is 0 Å². The second kappa shape index (κ2) is 29.2. The number of aliphatic hydroxyl groups excluding tert-OH is 14. The quantitative estimate of drug-likeness (QED) is 0.0238. The van der Waals surface area contributed by atoms with E-state index < -0.39 is 178 Å². The molecule has 4 aliphatic heterocycles. The number of fused-ring (bicyclic) bond motifs is 5. The number of hydrogen-bond donors (Lipinski definition) is 16. The second-order valence-corrected chi connectivity index (χ2v) is 28.8. The monoisotopic (exact) mass is 1290 g/mol. The molecule has 8 rings (SSSR count). The zero-order valence-corrected chi connectivity index (χ0v) is 53.3. The summed E-state index contributed by atoms with van der Waals surface area (Å²) < 4.78 is 53.8. The summed E-state index contributed by atoms with van der Waals surface area (Å²) in [5, 5.41) is 173. The molecule has 0 aromatic heterocycles. The SMILES string of the molecule is C=CC(C)(O)CC/C=C(\C)C(=O)O[C@H]1[C@H](OC[C@H]2O[C@@H](OC3CCC4(C)C(CCC5(C)C4CCC4C(C(C)(O)CC/C=C(\C)CO[C@@H]6O[C@H](CO)[C@@H](O)[C@H](O)[C@H]6O)CCC45C)C3(C)CO)[C@H](O)[C@@H](O)[C@@H]2O)O[C@H](CO)[C@@H](O)[C@@H]1O[C@@H]1O[C@H](CO)[C@@H](O)[C@H](O)[C@H]1O. The molecule has 16 N–H and O–H groups in total. The lowest BCUT2D eigenvalue weighted by Crippen LogP contribution is -2.67. The molecule has 11 unspecified atom stereocenters. The topological polar surface area (TPSA) is 424 Å². The zero-order valence-electron chi connectivity index (χ0n) is 53.3. The van der Waals surface area contributed by atoms with Crippen LogP contribution >= 0.6 is 0 Å². The van der Waals surface area contributed by atoms with Gasteiger partial charge in [-0.05, 0) is 145 Å². The van der Waals surface area contributed by atoms with Gasteiger partial charge in [0.25, 0.3) is 0 Å². The first-order valence-electron chi connectivity index (χ1n) is 32.2. The minimum atomic E-state index is -1.98. The molecule has 518 valence electrons. The summed E-state index contributed by atoms with van der Waals surface area (Å²) in [4.78, 5) is 13.8. The van der Waals surface area contributed by atoms with Gasteiger partial charge < -0.3 is 124 Å². The molecule has 0 radical (unpaired) electrons. The lowest BCUT2D eigenvalue weighted by atomic mass is 9.35. The molecule has 26 nitrogen and oxygen atoms in total. The minimum Gasteiger partial charge on any atom is -0.451 e. The van der Waals surface area contributed by atoms with Crippen molar-refractivity contribution in [1.82, 2.24) is 0 Å². The molecule has 4 saturated heterocycles. The maximum absolute atomic E-state index is 13.8. The first kappa shape index (κ1) is 73.5. The van der Waals surface area contributed by atoms with Crippen molar-refractivity contribution >= 4 is 5.97 Å². The van der Waals surface area contributed by atoms with Crippen molar-refractivity contribution in [2.24, 2.45) is 45.3 Å². The van der Waals surface area contributed by atoms with Crippen LogP contribution in [0.4, 0.5) is 0 Å². The minimum absolute atomic E-state index is 0.0246. The van der Waals surface area contributed by atoms with Crippen LogP contribution in [0.1, 0.15) is 132 Å². The average molecular weight is 1290 g/mol. The van der Waals surface area contributed by atoms with E-state index in [9.17, 15) is 86.5 Å². The van der Waals surface area contributed by atoms with Gasteiger partial charge in [-0.25, -0.2) is 4.79 Å². The van der Waals surface area contributed by atoms with Gasteiger partial charge in [0.2, 0.25) is 0 Å². The Bertz CT molecular complexity index is 2440. The van der Waals surface area contributed by atoms with Crippen LogP contribution in [0.3, 0.4) is 0 Å². The number of ether oxygens (including phenoxy) is 9. The normalized spacial score (nSPS) is 48.1. The van der Waals surface area contributed by atoms with Gasteiger partial charge in [0.05, 0.1) is 56.9 Å². The Morgan fingerprint density at radius 2 is 1.10 bits per heavy atom. The van der Waals surface area contributed by atoms with E-state index in [0.717, 1.165) is 44.1 Å². The molecule has 0 amide bonds. The highest BCUT2D eigenvalue weighted by molar-refractivity contribution is 5.87. The molecule has 8 fully saturated rings. The Morgan fingerprint density at radius 3 is 1.70 bits per heavy atom. The van der Waals surface area contributed by atoms with Gasteiger partial charge >= 0.3 is 5.97 Å². The van der Waals surface area contributed by atoms with E-state index in [-0.39, 0.29) is 71.5 Å².